The molecule has 1 aliphatic heterocycles. The number of benzene rings is 1. The number of Topliss-reactive ketones (excluding diaryl/α,β-unsaturated/α-hetero) is 1. The molecule has 1 atom stereocenters. The van der Waals surface area contributed by atoms with Crippen molar-refractivity contribution in [3.05, 3.63) is 57.9 Å². The lowest BCUT2D eigenvalue weighted by Crippen LogP contribution is -2.38. The number of allylic oxidation sites excluding steroid dienone is 3. The molecule has 0 bridgehead atoms. The molecule has 0 saturated heterocycles. The van der Waals surface area contributed by atoms with Crippen LogP contribution in [-0.4, -0.2) is 32.1 Å². The number of hydrogen-bond donors (Lipinski definition) is 1. The van der Waals surface area contributed by atoms with Gasteiger partial charge in [-0.3, -0.25) is 4.79 Å². The van der Waals surface area contributed by atoms with Crippen molar-refractivity contribution in [2.24, 2.45) is 5.41 Å². The van der Waals surface area contributed by atoms with Gasteiger partial charge in [0.05, 0.1) is 12.2 Å². The number of methoxy groups -OCH3 is 1. The van der Waals surface area contributed by atoms with Crippen LogP contribution in [0.25, 0.3) is 0 Å². The number of aryl methyl sites for hydroxylation is 1. The third-order valence-electron chi connectivity index (χ3n) is 5.39. The average molecular weight is 383 g/mol. The van der Waals surface area contributed by atoms with Gasteiger partial charge < -0.3 is 14.8 Å². The Morgan fingerprint density at radius 3 is 2.46 bits per heavy atom. The summed E-state index contributed by atoms with van der Waals surface area (Å²) in [7, 11) is 1.56. The summed E-state index contributed by atoms with van der Waals surface area (Å²) in [6.07, 6.45) is 1.25. The number of hydrogen-bond acceptors (Lipinski definition) is 5. The predicted molar refractivity (Wildman–Crippen MR) is 108 cm³/mol. The molecule has 1 heterocycles. The van der Waals surface area contributed by atoms with E-state index >= 15 is 0 Å². The summed E-state index contributed by atoms with van der Waals surface area (Å²) < 4.78 is 10.4. The van der Waals surface area contributed by atoms with Gasteiger partial charge in [0.15, 0.2) is 5.78 Å². The van der Waals surface area contributed by atoms with Crippen LogP contribution in [0.4, 0.5) is 0 Å². The molecule has 3 rings (SSSR count). The van der Waals surface area contributed by atoms with Gasteiger partial charge >= 0.3 is 5.97 Å². The number of dihydropyridines is 1. The molecule has 1 unspecified atom stereocenters. The SMILES string of the molecule is COCCOC(=O)C1=C(C)NC2=C(C(=O)CC(C)(C)C2)C1c1ccc(C)cc1. The molecule has 150 valence electrons. The zero-order valence-corrected chi connectivity index (χ0v) is 17.3. The van der Waals surface area contributed by atoms with Crippen LogP contribution in [-0.2, 0) is 19.1 Å². The molecule has 28 heavy (non-hydrogen) atoms. The van der Waals surface area contributed by atoms with Crippen molar-refractivity contribution in [1.29, 1.82) is 0 Å². The standard InChI is InChI=1S/C23H29NO4/c1-14-6-8-16(9-7-14)20-19(22(26)28-11-10-27-5)15(2)24-17-12-23(3,4)13-18(25)21(17)20/h6-9,20,24H,10-13H2,1-5H3. The number of ketones is 1. The van der Waals surface area contributed by atoms with Crippen molar-refractivity contribution in [2.45, 2.75) is 46.5 Å². The van der Waals surface area contributed by atoms with Crippen molar-refractivity contribution < 1.29 is 19.1 Å². The van der Waals surface area contributed by atoms with E-state index < -0.39 is 11.9 Å². The summed E-state index contributed by atoms with van der Waals surface area (Å²) in [5.41, 5.74) is 4.85. The number of carbonyl (C=O) groups is 2. The van der Waals surface area contributed by atoms with Crippen LogP contribution in [0.1, 0.15) is 50.7 Å². The Morgan fingerprint density at radius 1 is 1.14 bits per heavy atom. The second-order valence-corrected chi connectivity index (χ2v) is 8.47. The van der Waals surface area contributed by atoms with Crippen LogP contribution in [0, 0.1) is 12.3 Å². The molecule has 1 N–H and O–H groups in total. The summed E-state index contributed by atoms with van der Waals surface area (Å²) in [6.45, 7) is 8.62. The molecular weight excluding hydrogens is 354 g/mol. The topological polar surface area (TPSA) is 64.6 Å². The van der Waals surface area contributed by atoms with E-state index in [1.807, 2.05) is 38.1 Å². The van der Waals surface area contributed by atoms with E-state index in [2.05, 4.69) is 19.2 Å². The molecule has 1 aromatic carbocycles. The molecule has 1 aliphatic carbocycles. The molecular formula is C23H29NO4. The smallest absolute Gasteiger partial charge is 0.336 e. The number of esters is 1. The lowest BCUT2D eigenvalue weighted by molar-refractivity contribution is -0.140. The Morgan fingerprint density at radius 2 is 1.82 bits per heavy atom. The van der Waals surface area contributed by atoms with Gasteiger partial charge in [-0.15, -0.1) is 0 Å². The van der Waals surface area contributed by atoms with E-state index in [0.717, 1.165) is 28.9 Å². The number of rotatable bonds is 5. The highest BCUT2D eigenvalue weighted by Gasteiger charge is 2.43. The highest BCUT2D eigenvalue weighted by atomic mass is 16.6. The average Bonchev–Trinajstić information content (AvgIpc) is 2.60. The maximum absolute atomic E-state index is 13.1. The first-order valence-electron chi connectivity index (χ1n) is 9.70. The number of ether oxygens (including phenoxy) is 2. The molecule has 1 aromatic rings. The molecule has 5 heteroatoms. The Bertz CT molecular complexity index is 846. The van der Waals surface area contributed by atoms with Crippen LogP contribution in [0.15, 0.2) is 46.8 Å². The fourth-order valence-electron chi connectivity index (χ4n) is 4.09. The van der Waals surface area contributed by atoms with Gasteiger partial charge in [0.25, 0.3) is 0 Å². The first kappa shape index (κ1) is 20.3. The second-order valence-electron chi connectivity index (χ2n) is 8.47. The fourth-order valence-corrected chi connectivity index (χ4v) is 4.09. The van der Waals surface area contributed by atoms with Crippen molar-refractivity contribution in [1.82, 2.24) is 5.32 Å². The third kappa shape index (κ3) is 4.04. The summed E-state index contributed by atoms with van der Waals surface area (Å²) in [5.74, 6) is -0.716. The highest BCUT2D eigenvalue weighted by molar-refractivity contribution is 6.04. The summed E-state index contributed by atoms with van der Waals surface area (Å²) in [5, 5.41) is 3.34. The van der Waals surface area contributed by atoms with Crippen LogP contribution in [0.5, 0.6) is 0 Å². The van der Waals surface area contributed by atoms with Gasteiger partial charge in [0, 0.05) is 36.4 Å². The van der Waals surface area contributed by atoms with Gasteiger partial charge in [-0.05, 0) is 31.2 Å². The monoisotopic (exact) mass is 383 g/mol. The lowest BCUT2D eigenvalue weighted by atomic mass is 9.68. The molecule has 0 amide bonds. The first-order chi connectivity index (χ1) is 13.2. The van der Waals surface area contributed by atoms with Gasteiger partial charge in [-0.2, -0.15) is 0 Å². The maximum Gasteiger partial charge on any atom is 0.336 e. The van der Waals surface area contributed by atoms with E-state index in [0.29, 0.717) is 24.2 Å². The zero-order chi connectivity index (χ0) is 20.5. The minimum Gasteiger partial charge on any atom is -0.460 e. The zero-order valence-electron chi connectivity index (χ0n) is 17.3. The van der Waals surface area contributed by atoms with Crippen molar-refractivity contribution in [2.75, 3.05) is 20.3 Å². The van der Waals surface area contributed by atoms with Gasteiger partial charge in [-0.1, -0.05) is 43.7 Å². The van der Waals surface area contributed by atoms with Gasteiger partial charge in [0.2, 0.25) is 0 Å². The predicted octanol–water partition coefficient (Wildman–Crippen LogP) is 3.79. The number of carbonyl (C=O) groups excluding carboxylic acids is 2. The minimum absolute atomic E-state index is 0.0963. The molecule has 0 fully saturated rings. The first-order valence-corrected chi connectivity index (χ1v) is 9.70. The molecule has 0 saturated carbocycles. The van der Waals surface area contributed by atoms with E-state index in [9.17, 15) is 9.59 Å². The van der Waals surface area contributed by atoms with Gasteiger partial charge in [0.1, 0.15) is 6.61 Å². The van der Waals surface area contributed by atoms with Crippen molar-refractivity contribution >= 4 is 11.8 Å². The van der Waals surface area contributed by atoms with Crippen LogP contribution < -0.4 is 5.32 Å². The second kappa shape index (κ2) is 7.92. The lowest BCUT2D eigenvalue weighted by Gasteiger charge is -2.39. The molecule has 0 radical (unpaired) electrons. The largest absolute Gasteiger partial charge is 0.460 e. The third-order valence-corrected chi connectivity index (χ3v) is 5.39. The summed E-state index contributed by atoms with van der Waals surface area (Å²) >= 11 is 0. The van der Waals surface area contributed by atoms with Crippen molar-refractivity contribution in [3.63, 3.8) is 0 Å². The van der Waals surface area contributed by atoms with Gasteiger partial charge in [-0.25, -0.2) is 4.79 Å². The van der Waals surface area contributed by atoms with Crippen LogP contribution >= 0.6 is 0 Å². The summed E-state index contributed by atoms with van der Waals surface area (Å²) in [4.78, 5) is 26.1. The summed E-state index contributed by atoms with van der Waals surface area (Å²) in [6, 6.07) is 8.02. The fraction of sp³-hybridized carbons (Fsp3) is 0.478. The maximum atomic E-state index is 13.1. The quantitative estimate of drug-likeness (QED) is 0.619. The molecule has 0 aromatic heterocycles. The van der Waals surface area contributed by atoms with E-state index in [4.69, 9.17) is 9.47 Å². The van der Waals surface area contributed by atoms with E-state index in [1.165, 1.54) is 0 Å². The molecule has 0 spiro atoms. The Hall–Kier alpha value is -2.40. The van der Waals surface area contributed by atoms with E-state index in [1.54, 1.807) is 7.11 Å². The van der Waals surface area contributed by atoms with Crippen molar-refractivity contribution in [3.8, 4) is 0 Å². The normalized spacial score (nSPS) is 21.3. The number of nitrogens with one attached hydrogen (secondary N) is 1. The van der Waals surface area contributed by atoms with E-state index in [-0.39, 0.29) is 17.8 Å². The molecule has 5 nitrogen and oxygen atoms in total. The Kier molecular flexibility index (Phi) is 5.75. The van der Waals surface area contributed by atoms with Crippen LogP contribution in [0.3, 0.4) is 0 Å². The Labute approximate surface area is 166 Å². The Balaban J connectivity index is 2.07. The molecule has 2 aliphatic rings. The minimum atomic E-state index is -0.407. The highest BCUT2D eigenvalue weighted by Crippen LogP contribution is 2.46. The van der Waals surface area contributed by atoms with Crippen LogP contribution in [0.2, 0.25) is 0 Å².